The minimum absolute atomic E-state index is 0.186. The third kappa shape index (κ3) is 3.75. The molecule has 4 rings (SSSR count). The Balaban J connectivity index is 1.74. The van der Waals surface area contributed by atoms with Crippen LogP contribution >= 0.6 is 0 Å². The number of carbonyl (C=O) groups is 2. The standard InChI is InChI=1S/C24H28N4O2/c1-4-26-11-13-27(14-12-26)22-21(20-9-8-17(2)15-18(20)3)23(29)28(24(22)30)16-19-7-5-6-10-25-19/h5-10,15H,4,11-14,16H2,1-3H3. The van der Waals surface area contributed by atoms with Crippen molar-refractivity contribution in [1.82, 2.24) is 19.7 Å². The first-order valence-electron chi connectivity index (χ1n) is 10.5. The van der Waals surface area contributed by atoms with E-state index in [1.54, 1.807) is 6.20 Å². The molecule has 156 valence electrons. The third-order valence-corrected chi connectivity index (χ3v) is 5.98. The first-order valence-corrected chi connectivity index (χ1v) is 10.5. The maximum atomic E-state index is 13.5. The lowest BCUT2D eigenvalue weighted by Gasteiger charge is -2.36. The maximum absolute atomic E-state index is 13.5. The highest BCUT2D eigenvalue weighted by atomic mass is 16.2. The van der Waals surface area contributed by atoms with Gasteiger partial charge >= 0.3 is 0 Å². The maximum Gasteiger partial charge on any atom is 0.278 e. The van der Waals surface area contributed by atoms with Crippen molar-refractivity contribution in [3.05, 3.63) is 70.7 Å². The first kappa shape index (κ1) is 20.3. The van der Waals surface area contributed by atoms with Crippen molar-refractivity contribution in [2.45, 2.75) is 27.3 Å². The highest BCUT2D eigenvalue weighted by Crippen LogP contribution is 2.34. The van der Waals surface area contributed by atoms with Gasteiger partial charge < -0.3 is 9.80 Å². The summed E-state index contributed by atoms with van der Waals surface area (Å²) in [5.41, 5.74) is 4.76. The summed E-state index contributed by atoms with van der Waals surface area (Å²) >= 11 is 0. The van der Waals surface area contributed by atoms with Crippen LogP contribution in [0.5, 0.6) is 0 Å². The fourth-order valence-electron chi connectivity index (χ4n) is 4.28. The lowest BCUT2D eigenvalue weighted by Crippen LogP contribution is -2.47. The summed E-state index contributed by atoms with van der Waals surface area (Å²) in [4.78, 5) is 37.1. The monoisotopic (exact) mass is 404 g/mol. The van der Waals surface area contributed by atoms with Crippen LogP contribution in [-0.4, -0.2) is 64.2 Å². The molecule has 0 N–H and O–H groups in total. The van der Waals surface area contributed by atoms with E-state index in [4.69, 9.17) is 0 Å². The molecule has 1 fully saturated rings. The Morgan fingerprint density at radius 3 is 2.37 bits per heavy atom. The van der Waals surface area contributed by atoms with Crippen molar-refractivity contribution in [2.75, 3.05) is 32.7 Å². The number of amides is 2. The zero-order valence-electron chi connectivity index (χ0n) is 17.9. The molecule has 0 aliphatic carbocycles. The van der Waals surface area contributed by atoms with Crippen molar-refractivity contribution in [1.29, 1.82) is 0 Å². The van der Waals surface area contributed by atoms with Crippen LogP contribution in [0.4, 0.5) is 0 Å². The molecule has 0 unspecified atom stereocenters. The van der Waals surface area contributed by atoms with Crippen molar-refractivity contribution in [3.8, 4) is 0 Å². The average molecular weight is 405 g/mol. The summed E-state index contributed by atoms with van der Waals surface area (Å²) in [5, 5.41) is 0. The van der Waals surface area contributed by atoms with Crippen LogP contribution in [-0.2, 0) is 16.1 Å². The Morgan fingerprint density at radius 1 is 0.967 bits per heavy atom. The largest absolute Gasteiger partial charge is 0.364 e. The molecule has 0 atom stereocenters. The molecular weight excluding hydrogens is 376 g/mol. The van der Waals surface area contributed by atoms with Crippen LogP contribution < -0.4 is 0 Å². The zero-order valence-corrected chi connectivity index (χ0v) is 17.9. The first-order chi connectivity index (χ1) is 14.5. The number of carbonyl (C=O) groups excluding carboxylic acids is 2. The summed E-state index contributed by atoms with van der Waals surface area (Å²) in [6, 6.07) is 11.6. The number of piperazine rings is 1. The van der Waals surface area contributed by atoms with E-state index in [0.29, 0.717) is 17.0 Å². The average Bonchev–Trinajstić information content (AvgIpc) is 2.99. The number of hydrogen-bond donors (Lipinski definition) is 0. The zero-order chi connectivity index (χ0) is 21.3. The number of imide groups is 1. The van der Waals surface area contributed by atoms with Gasteiger partial charge in [-0.05, 0) is 43.7 Å². The van der Waals surface area contributed by atoms with Gasteiger partial charge in [0.05, 0.1) is 17.8 Å². The van der Waals surface area contributed by atoms with Gasteiger partial charge in [0.1, 0.15) is 5.70 Å². The molecule has 2 amide bonds. The Kier molecular flexibility index (Phi) is 5.68. The van der Waals surface area contributed by atoms with E-state index < -0.39 is 0 Å². The van der Waals surface area contributed by atoms with E-state index in [9.17, 15) is 9.59 Å². The number of aryl methyl sites for hydroxylation is 2. The Bertz CT molecular complexity index is 992. The van der Waals surface area contributed by atoms with E-state index in [-0.39, 0.29) is 18.4 Å². The van der Waals surface area contributed by atoms with Gasteiger partial charge in [-0.2, -0.15) is 0 Å². The highest BCUT2D eigenvalue weighted by molar-refractivity contribution is 6.35. The number of likely N-dealkylation sites (N-methyl/N-ethyl adjacent to an activating group) is 1. The number of pyridine rings is 1. The van der Waals surface area contributed by atoms with Crippen molar-refractivity contribution >= 4 is 17.4 Å². The second-order valence-electron chi connectivity index (χ2n) is 7.98. The molecule has 2 aromatic rings. The van der Waals surface area contributed by atoms with Gasteiger partial charge in [-0.3, -0.25) is 19.5 Å². The van der Waals surface area contributed by atoms with Gasteiger partial charge in [0.15, 0.2) is 0 Å². The van der Waals surface area contributed by atoms with Crippen LogP contribution in [0.2, 0.25) is 0 Å². The number of benzene rings is 1. The van der Waals surface area contributed by atoms with Crippen LogP contribution in [0.3, 0.4) is 0 Å². The molecule has 0 radical (unpaired) electrons. The van der Waals surface area contributed by atoms with E-state index in [1.165, 1.54) is 4.90 Å². The molecule has 30 heavy (non-hydrogen) atoms. The minimum atomic E-state index is -0.231. The third-order valence-electron chi connectivity index (χ3n) is 5.98. The molecule has 0 spiro atoms. The Labute approximate surface area is 177 Å². The normalized spacial score (nSPS) is 18.0. The Hall–Kier alpha value is -2.99. The fourth-order valence-corrected chi connectivity index (χ4v) is 4.28. The number of aromatic nitrogens is 1. The molecule has 1 saturated heterocycles. The molecule has 0 bridgehead atoms. The SMILES string of the molecule is CCN1CCN(C2=C(c3ccc(C)cc3C)C(=O)N(Cc3ccccn3)C2=O)CC1. The summed E-state index contributed by atoms with van der Waals surface area (Å²) in [5.74, 6) is -0.448. The van der Waals surface area contributed by atoms with Crippen molar-refractivity contribution < 1.29 is 9.59 Å². The van der Waals surface area contributed by atoms with E-state index >= 15 is 0 Å². The predicted molar refractivity (Wildman–Crippen MR) is 116 cm³/mol. The lowest BCUT2D eigenvalue weighted by molar-refractivity contribution is -0.138. The van der Waals surface area contributed by atoms with Gasteiger partial charge in [-0.15, -0.1) is 0 Å². The van der Waals surface area contributed by atoms with Crippen LogP contribution in [0.15, 0.2) is 48.3 Å². The van der Waals surface area contributed by atoms with Gasteiger partial charge in [0.25, 0.3) is 11.8 Å². The quantitative estimate of drug-likeness (QED) is 0.717. The van der Waals surface area contributed by atoms with E-state index in [1.807, 2.05) is 44.2 Å². The molecule has 2 aliphatic heterocycles. The lowest BCUT2D eigenvalue weighted by atomic mass is 9.97. The van der Waals surface area contributed by atoms with Gasteiger partial charge in [-0.1, -0.05) is 36.8 Å². The molecule has 3 heterocycles. The van der Waals surface area contributed by atoms with E-state index in [0.717, 1.165) is 49.4 Å². The van der Waals surface area contributed by atoms with Crippen LogP contribution in [0, 0.1) is 13.8 Å². The smallest absolute Gasteiger partial charge is 0.278 e. The number of nitrogens with zero attached hydrogens (tertiary/aromatic N) is 4. The topological polar surface area (TPSA) is 56.8 Å². The molecule has 0 saturated carbocycles. The van der Waals surface area contributed by atoms with E-state index in [2.05, 4.69) is 27.8 Å². The molecule has 1 aromatic carbocycles. The van der Waals surface area contributed by atoms with Crippen molar-refractivity contribution in [2.24, 2.45) is 0 Å². The predicted octanol–water partition coefficient (Wildman–Crippen LogP) is 2.62. The number of hydrogen-bond acceptors (Lipinski definition) is 5. The molecule has 1 aromatic heterocycles. The van der Waals surface area contributed by atoms with Gasteiger partial charge in [-0.25, -0.2) is 0 Å². The second-order valence-corrected chi connectivity index (χ2v) is 7.98. The van der Waals surface area contributed by atoms with Gasteiger partial charge in [0, 0.05) is 32.4 Å². The molecule has 2 aliphatic rings. The Morgan fingerprint density at radius 2 is 1.73 bits per heavy atom. The number of rotatable bonds is 5. The minimum Gasteiger partial charge on any atom is -0.364 e. The van der Waals surface area contributed by atoms with Crippen molar-refractivity contribution in [3.63, 3.8) is 0 Å². The molecule has 6 heteroatoms. The highest BCUT2D eigenvalue weighted by Gasteiger charge is 2.42. The second kappa shape index (κ2) is 8.40. The summed E-state index contributed by atoms with van der Waals surface area (Å²) in [6.45, 7) is 10.6. The molecular formula is C24H28N4O2. The summed E-state index contributed by atoms with van der Waals surface area (Å²) in [7, 11) is 0. The fraction of sp³-hybridized carbons (Fsp3) is 0.375. The van der Waals surface area contributed by atoms with Gasteiger partial charge in [0.2, 0.25) is 0 Å². The summed E-state index contributed by atoms with van der Waals surface area (Å²) < 4.78 is 0. The van der Waals surface area contributed by atoms with Crippen LogP contribution in [0.1, 0.15) is 29.3 Å². The molecule has 6 nitrogen and oxygen atoms in total. The summed E-state index contributed by atoms with van der Waals surface area (Å²) in [6.07, 6.45) is 1.68. The van der Waals surface area contributed by atoms with Crippen LogP contribution in [0.25, 0.3) is 5.57 Å².